The first kappa shape index (κ1) is 15.0. The molecular formula is C14H21N3O2S. The third kappa shape index (κ3) is 3.17. The van der Waals surface area contributed by atoms with Crippen LogP contribution in [-0.2, 0) is 22.6 Å². The van der Waals surface area contributed by atoms with E-state index >= 15 is 0 Å². The van der Waals surface area contributed by atoms with Crippen molar-refractivity contribution in [1.29, 1.82) is 0 Å². The molecule has 1 aliphatic rings. The summed E-state index contributed by atoms with van der Waals surface area (Å²) in [6.45, 7) is 8.48. The topological polar surface area (TPSA) is 62.3 Å². The first-order valence-corrected chi connectivity index (χ1v) is 7.64. The van der Waals surface area contributed by atoms with E-state index in [1.54, 1.807) is 16.2 Å². The van der Waals surface area contributed by atoms with Gasteiger partial charge in [0.05, 0.1) is 6.54 Å². The van der Waals surface area contributed by atoms with E-state index in [0.29, 0.717) is 6.54 Å². The Kier molecular flexibility index (Phi) is 4.13. The van der Waals surface area contributed by atoms with Gasteiger partial charge in [-0.15, -0.1) is 11.3 Å². The average Bonchev–Trinajstić information content (AvgIpc) is 2.79. The number of rotatable bonds is 3. The molecule has 20 heavy (non-hydrogen) atoms. The minimum Gasteiger partial charge on any atom is -0.342 e. The fourth-order valence-electron chi connectivity index (χ4n) is 2.17. The summed E-state index contributed by atoms with van der Waals surface area (Å²) in [5, 5.41) is 3.68. The minimum atomic E-state index is -0.464. The van der Waals surface area contributed by atoms with E-state index in [4.69, 9.17) is 0 Å². The monoisotopic (exact) mass is 295 g/mol. The van der Waals surface area contributed by atoms with Gasteiger partial charge in [0.1, 0.15) is 17.6 Å². The van der Waals surface area contributed by atoms with Crippen LogP contribution < -0.4 is 5.32 Å². The van der Waals surface area contributed by atoms with Gasteiger partial charge in [-0.3, -0.25) is 9.59 Å². The Bertz CT molecular complexity index is 519. The number of amides is 2. The second-order valence-electron chi connectivity index (χ2n) is 6.13. The lowest BCUT2D eigenvalue weighted by atomic mass is 9.85. The summed E-state index contributed by atoms with van der Waals surface area (Å²) in [5.41, 5.74) is -0.289. The van der Waals surface area contributed by atoms with Crippen LogP contribution in [0.1, 0.15) is 37.6 Å². The molecule has 0 aromatic carbocycles. The Morgan fingerprint density at radius 3 is 2.70 bits per heavy atom. The summed E-state index contributed by atoms with van der Waals surface area (Å²) < 4.78 is 0. The van der Waals surface area contributed by atoms with Gasteiger partial charge < -0.3 is 10.2 Å². The molecule has 0 radical (unpaired) electrons. The van der Waals surface area contributed by atoms with E-state index in [0.717, 1.165) is 11.4 Å². The van der Waals surface area contributed by atoms with Crippen LogP contribution in [0.25, 0.3) is 0 Å². The lowest BCUT2D eigenvalue weighted by molar-refractivity contribution is -0.147. The molecule has 0 bridgehead atoms. The molecule has 2 rings (SSSR count). The largest absolute Gasteiger partial charge is 0.342 e. The molecule has 1 atom stereocenters. The number of aromatic nitrogens is 1. The molecule has 1 fully saturated rings. The standard InChI is InChI=1S/C14H21N3O2S/c1-5-9-6-15-11(20-9)8-17-7-10(18)16-12(13(17)19)14(2,3)4/h6,12H,5,7-8H2,1-4H3,(H,16,18). The average molecular weight is 295 g/mol. The lowest BCUT2D eigenvalue weighted by Crippen LogP contribution is -2.61. The fraction of sp³-hybridized carbons (Fsp3) is 0.643. The summed E-state index contributed by atoms with van der Waals surface area (Å²) in [7, 11) is 0. The van der Waals surface area contributed by atoms with Crippen molar-refractivity contribution in [2.45, 2.75) is 46.7 Å². The van der Waals surface area contributed by atoms with Crippen LogP contribution in [0.5, 0.6) is 0 Å². The summed E-state index contributed by atoms with van der Waals surface area (Å²) in [5.74, 6) is -0.123. The molecule has 1 saturated heterocycles. The fourth-order valence-corrected chi connectivity index (χ4v) is 3.05. The second kappa shape index (κ2) is 5.52. The quantitative estimate of drug-likeness (QED) is 0.921. The molecule has 2 heterocycles. The molecule has 110 valence electrons. The van der Waals surface area contributed by atoms with Crippen molar-refractivity contribution < 1.29 is 9.59 Å². The van der Waals surface area contributed by atoms with Crippen LogP contribution >= 0.6 is 11.3 Å². The van der Waals surface area contributed by atoms with Gasteiger partial charge in [0.15, 0.2) is 0 Å². The molecule has 6 heteroatoms. The molecule has 0 saturated carbocycles. The van der Waals surface area contributed by atoms with Crippen molar-refractivity contribution in [1.82, 2.24) is 15.2 Å². The van der Waals surface area contributed by atoms with Crippen LogP contribution in [-0.4, -0.2) is 34.3 Å². The van der Waals surface area contributed by atoms with Gasteiger partial charge in [-0.05, 0) is 11.8 Å². The highest BCUT2D eigenvalue weighted by Crippen LogP contribution is 2.24. The third-order valence-electron chi connectivity index (χ3n) is 3.34. The van der Waals surface area contributed by atoms with Gasteiger partial charge in [-0.1, -0.05) is 27.7 Å². The predicted molar refractivity (Wildman–Crippen MR) is 78.3 cm³/mol. The van der Waals surface area contributed by atoms with Crippen molar-refractivity contribution in [3.8, 4) is 0 Å². The summed E-state index contributed by atoms with van der Waals surface area (Å²) in [4.78, 5) is 31.4. The number of hydrogen-bond acceptors (Lipinski definition) is 4. The van der Waals surface area contributed by atoms with Crippen LogP contribution in [0.15, 0.2) is 6.20 Å². The number of piperazine rings is 1. The zero-order valence-corrected chi connectivity index (χ0v) is 13.2. The maximum atomic E-state index is 12.5. The number of nitrogens with one attached hydrogen (secondary N) is 1. The summed E-state index contributed by atoms with van der Waals surface area (Å²) in [6.07, 6.45) is 2.78. The zero-order chi connectivity index (χ0) is 14.9. The van der Waals surface area contributed by atoms with Crippen LogP contribution in [0.2, 0.25) is 0 Å². The molecule has 1 aromatic rings. The Morgan fingerprint density at radius 2 is 2.15 bits per heavy atom. The van der Waals surface area contributed by atoms with E-state index in [2.05, 4.69) is 17.2 Å². The third-order valence-corrected chi connectivity index (χ3v) is 4.47. The molecule has 1 unspecified atom stereocenters. The van der Waals surface area contributed by atoms with Crippen molar-refractivity contribution in [3.63, 3.8) is 0 Å². The van der Waals surface area contributed by atoms with Crippen LogP contribution in [0, 0.1) is 5.41 Å². The SMILES string of the molecule is CCc1cnc(CN2CC(=O)NC(C(C)(C)C)C2=O)s1. The van der Waals surface area contributed by atoms with E-state index in [1.165, 1.54) is 4.88 Å². The van der Waals surface area contributed by atoms with Crippen molar-refractivity contribution >= 4 is 23.2 Å². The highest BCUT2D eigenvalue weighted by molar-refractivity contribution is 7.11. The maximum absolute atomic E-state index is 12.5. The number of thiazole rings is 1. The normalized spacial score (nSPS) is 20.2. The van der Waals surface area contributed by atoms with Gasteiger partial charge in [0, 0.05) is 11.1 Å². The van der Waals surface area contributed by atoms with E-state index in [9.17, 15) is 9.59 Å². The smallest absolute Gasteiger partial charge is 0.246 e. The number of hydrogen-bond donors (Lipinski definition) is 1. The molecule has 0 aliphatic carbocycles. The Morgan fingerprint density at radius 1 is 1.45 bits per heavy atom. The Labute approximate surface area is 123 Å². The summed E-state index contributed by atoms with van der Waals surface area (Å²) in [6, 6.07) is -0.464. The van der Waals surface area contributed by atoms with E-state index in [1.807, 2.05) is 27.0 Å². The van der Waals surface area contributed by atoms with Gasteiger partial charge in [0.2, 0.25) is 11.8 Å². The van der Waals surface area contributed by atoms with E-state index < -0.39 is 6.04 Å². The summed E-state index contributed by atoms with van der Waals surface area (Å²) >= 11 is 1.60. The molecule has 2 amide bonds. The molecule has 5 nitrogen and oxygen atoms in total. The van der Waals surface area contributed by atoms with Crippen LogP contribution in [0.3, 0.4) is 0 Å². The van der Waals surface area contributed by atoms with Gasteiger partial charge in [-0.2, -0.15) is 0 Å². The molecule has 1 aromatic heterocycles. The Balaban J connectivity index is 2.14. The molecule has 1 N–H and O–H groups in total. The molecule has 1 aliphatic heterocycles. The van der Waals surface area contributed by atoms with Crippen LogP contribution in [0.4, 0.5) is 0 Å². The molecule has 0 spiro atoms. The van der Waals surface area contributed by atoms with Crippen molar-refractivity contribution in [3.05, 3.63) is 16.1 Å². The van der Waals surface area contributed by atoms with Gasteiger partial charge >= 0.3 is 0 Å². The zero-order valence-electron chi connectivity index (χ0n) is 12.4. The van der Waals surface area contributed by atoms with E-state index in [-0.39, 0.29) is 23.8 Å². The Hall–Kier alpha value is -1.43. The number of carbonyl (C=O) groups is 2. The minimum absolute atomic E-state index is 0.0228. The van der Waals surface area contributed by atoms with Gasteiger partial charge in [-0.25, -0.2) is 4.98 Å². The highest BCUT2D eigenvalue weighted by Gasteiger charge is 2.40. The number of aryl methyl sites for hydroxylation is 1. The lowest BCUT2D eigenvalue weighted by Gasteiger charge is -2.38. The number of carbonyl (C=O) groups excluding carboxylic acids is 2. The van der Waals surface area contributed by atoms with Crippen molar-refractivity contribution in [2.24, 2.45) is 5.41 Å². The maximum Gasteiger partial charge on any atom is 0.246 e. The first-order valence-electron chi connectivity index (χ1n) is 6.83. The molecular weight excluding hydrogens is 274 g/mol. The second-order valence-corrected chi connectivity index (χ2v) is 7.33. The van der Waals surface area contributed by atoms with Gasteiger partial charge in [0.25, 0.3) is 0 Å². The predicted octanol–water partition coefficient (Wildman–Crippen LogP) is 1.58. The highest BCUT2D eigenvalue weighted by atomic mass is 32.1. The first-order chi connectivity index (χ1) is 9.31. The van der Waals surface area contributed by atoms with Crippen molar-refractivity contribution in [2.75, 3.05) is 6.54 Å². The number of nitrogens with zero attached hydrogens (tertiary/aromatic N) is 2.